The standard InChI is InChI=1S/C8H11BrN2OS/c1-12-3-2-4-13-8-10-5-7(9)6-11-8/h5-6H,2-4H2,1H3. The van der Waals surface area contributed by atoms with Crippen molar-refractivity contribution in [1.82, 2.24) is 9.97 Å². The Hall–Kier alpha value is -0.130. The van der Waals surface area contributed by atoms with E-state index in [0.29, 0.717) is 0 Å². The van der Waals surface area contributed by atoms with Gasteiger partial charge in [0.1, 0.15) is 0 Å². The van der Waals surface area contributed by atoms with Gasteiger partial charge >= 0.3 is 0 Å². The lowest BCUT2D eigenvalue weighted by Gasteiger charge is -1.98. The highest BCUT2D eigenvalue weighted by atomic mass is 79.9. The van der Waals surface area contributed by atoms with Gasteiger partial charge in [-0.1, -0.05) is 11.8 Å². The third-order valence-electron chi connectivity index (χ3n) is 1.32. The van der Waals surface area contributed by atoms with Crippen molar-refractivity contribution < 1.29 is 4.74 Å². The minimum absolute atomic E-state index is 0.795. The topological polar surface area (TPSA) is 35.0 Å². The lowest BCUT2D eigenvalue weighted by molar-refractivity contribution is 0.200. The minimum Gasteiger partial charge on any atom is -0.385 e. The van der Waals surface area contributed by atoms with Crippen LogP contribution in [0.4, 0.5) is 0 Å². The highest BCUT2D eigenvalue weighted by Gasteiger charge is 1.96. The van der Waals surface area contributed by atoms with Crippen LogP contribution in [0.3, 0.4) is 0 Å². The summed E-state index contributed by atoms with van der Waals surface area (Å²) >= 11 is 4.93. The predicted octanol–water partition coefficient (Wildman–Crippen LogP) is 2.37. The van der Waals surface area contributed by atoms with Crippen LogP contribution in [-0.4, -0.2) is 29.4 Å². The normalized spacial score (nSPS) is 10.3. The maximum atomic E-state index is 4.94. The summed E-state index contributed by atoms with van der Waals surface area (Å²) < 4.78 is 5.85. The third-order valence-corrected chi connectivity index (χ3v) is 2.69. The second-order valence-electron chi connectivity index (χ2n) is 2.38. The van der Waals surface area contributed by atoms with E-state index in [1.54, 1.807) is 31.3 Å². The van der Waals surface area contributed by atoms with Gasteiger partial charge < -0.3 is 4.74 Å². The van der Waals surface area contributed by atoms with Gasteiger partial charge in [-0.15, -0.1) is 0 Å². The molecule has 0 fully saturated rings. The molecule has 0 saturated heterocycles. The number of thioether (sulfide) groups is 1. The molecule has 0 amide bonds. The highest BCUT2D eigenvalue weighted by Crippen LogP contribution is 2.14. The average Bonchev–Trinajstić information content (AvgIpc) is 2.15. The molecule has 13 heavy (non-hydrogen) atoms. The largest absolute Gasteiger partial charge is 0.385 e. The minimum atomic E-state index is 0.795. The molecule has 0 N–H and O–H groups in total. The van der Waals surface area contributed by atoms with E-state index >= 15 is 0 Å². The van der Waals surface area contributed by atoms with Gasteiger partial charge in [-0.05, 0) is 22.4 Å². The van der Waals surface area contributed by atoms with Gasteiger partial charge in [0, 0.05) is 31.9 Å². The Morgan fingerprint density at radius 1 is 1.46 bits per heavy atom. The summed E-state index contributed by atoms with van der Waals surface area (Å²) in [6, 6.07) is 0. The number of rotatable bonds is 5. The lowest BCUT2D eigenvalue weighted by Crippen LogP contribution is -1.92. The summed E-state index contributed by atoms with van der Waals surface area (Å²) in [4.78, 5) is 8.28. The number of aromatic nitrogens is 2. The number of methoxy groups -OCH3 is 1. The molecule has 0 unspecified atom stereocenters. The fourth-order valence-corrected chi connectivity index (χ4v) is 1.65. The second kappa shape index (κ2) is 6.34. The van der Waals surface area contributed by atoms with Crippen LogP contribution < -0.4 is 0 Å². The Morgan fingerprint density at radius 2 is 2.15 bits per heavy atom. The zero-order chi connectivity index (χ0) is 9.52. The number of ether oxygens (including phenoxy) is 1. The van der Waals surface area contributed by atoms with Gasteiger partial charge in [-0.3, -0.25) is 0 Å². The zero-order valence-corrected chi connectivity index (χ0v) is 9.77. The van der Waals surface area contributed by atoms with Crippen LogP contribution in [0, 0.1) is 0 Å². The van der Waals surface area contributed by atoms with Gasteiger partial charge in [-0.25, -0.2) is 9.97 Å². The Balaban J connectivity index is 2.25. The summed E-state index contributed by atoms with van der Waals surface area (Å²) in [5.74, 6) is 0.996. The van der Waals surface area contributed by atoms with Crippen molar-refractivity contribution in [2.24, 2.45) is 0 Å². The lowest BCUT2D eigenvalue weighted by atomic mass is 10.5. The first-order valence-corrected chi connectivity index (χ1v) is 5.70. The van der Waals surface area contributed by atoms with Crippen LogP contribution in [0.5, 0.6) is 0 Å². The molecule has 0 aliphatic carbocycles. The van der Waals surface area contributed by atoms with Crippen molar-refractivity contribution >= 4 is 27.7 Å². The predicted molar refractivity (Wildman–Crippen MR) is 56.9 cm³/mol. The van der Waals surface area contributed by atoms with E-state index < -0.39 is 0 Å². The third kappa shape index (κ3) is 4.59. The van der Waals surface area contributed by atoms with Crippen molar-refractivity contribution in [2.45, 2.75) is 11.6 Å². The van der Waals surface area contributed by atoms with E-state index in [2.05, 4.69) is 25.9 Å². The van der Waals surface area contributed by atoms with Gasteiger partial charge in [0.05, 0.1) is 4.47 Å². The summed E-state index contributed by atoms with van der Waals surface area (Å²) in [7, 11) is 1.71. The zero-order valence-electron chi connectivity index (χ0n) is 7.36. The van der Waals surface area contributed by atoms with Crippen LogP contribution in [0.1, 0.15) is 6.42 Å². The molecular formula is C8H11BrN2OS. The van der Waals surface area contributed by atoms with Crippen LogP contribution in [0.15, 0.2) is 22.0 Å². The molecule has 0 aliphatic heterocycles. The molecule has 0 radical (unpaired) electrons. The van der Waals surface area contributed by atoms with Crippen LogP contribution in [-0.2, 0) is 4.74 Å². The first-order chi connectivity index (χ1) is 6.33. The molecule has 5 heteroatoms. The molecule has 0 bridgehead atoms. The molecule has 0 atom stereocenters. The Labute approximate surface area is 90.4 Å². The maximum absolute atomic E-state index is 4.94. The van der Waals surface area contributed by atoms with Crippen LogP contribution in [0.25, 0.3) is 0 Å². The smallest absolute Gasteiger partial charge is 0.187 e. The quantitative estimate of drug-likeness (QED) is 0.464. The summed E-state index contributed by atoms with van der Waals surface area (Å²) in [6.07, 6.45) is 4.54. The molecule has 1 heterocycles. The highest BCUT2D eigenvalue weighted by molar-refractivity contribution is 9.10. The van der Waals surface area contributed by atoms with Gasteiger partial charge in [0.15, 0.2) is 5.16 Å². The Kier molecular flexibility index (Phi) is 5.34. The molecule has 0 aromatic carbocycles. The van der Waals surface area contributed by atoms with Crippen molar-refractivity contribution in [2.75, 3.05) is 19.5 Å². The number of halogens is 1. The maximum Gasteiger partial charge on any atom is 0.187 e. The molecule has 0 aliphatic rings. The fourth-order valence-electron chi connectivity index (χ4n) is 0.742. The first kappa shape index (κ1) is 10.9. The van der Waals surface area contributed by atoms with Crippen molar-refractivity contribution in [3.05, 3.63) is 16.9 Å². The van der Waals surface area contributed by atoms with E-state index in [1.807, 2.05) is 0 Å². The van der Waals surface area contributed by atoms with E-state index in [4.69, 9.17) is 4.74 Å². The molecular weight excluding hydrogens is 252 g/mol. The van der Waals surface area contributed by atoms with E-state index in [9.17, 15) is 0 Å². The number of nitrogens with zero attached hydrogens (tertiary/aromatic N) is 2. The monoisotopic (exact) mass is 262 g/mol. The molecule has 1 aromatic rings. The van der Waals surface area contributed by atoms with Crippen molar-refractivity contribution in [3.63, 3.8) is 0 Å². The summed E-state index contributed by atoms with van der Waals surface area (Å²) in [6.45, 7) is 0.795. The Morgan fingerprint density at radius 3 is 2.77 bits per heavy atom. The van der Waals surface area contributed by atoms with E-state index in [0.717, 1.165) is 28.4 Å². The van der Waals surface area contributed by atoms with Crippen molar-refractivity contribution in [3.8, 4) is 0 Å². The number of hydrogen-bond acceptors (Lipinski definition) is 4. The molecule has 0 spiro atoms. The summed E-state index contributed by atoms with van der Waals surface area (Å²) in [5, 5.41) is 0.819. The van der Waals surface area contributed by atoms with E-state index in [1.165, 1.54) is 0 Å². The first-order valence-electron chi connectivity index (χ1n) is 3.92. The molecule has 1 rings (SSSR count). The molecule has 72 valence electrons. The van der Waals surface area contributed by atoms with Crippen LogP contribution >= 0.6 is 27.7 Å². The summed E-state index contributed by atoms with van der Waals surface area (Å²) in [5.41, 5.74) is 0. The van der Waals surface area contributed by atoms with Gasteiger partial charge in [-0.2, -0.15) is 0 Å². The van der Waals surface area contributed by atoms with Crippen molar-refractivity contribution in [1.29, 1.82) is 0 Å². The SMILES string of the molecule is COCCCSc1ncc(Br)cn1. The second-order valence-corrected chi connectivity index (χ2v) is 4.36. The van der Waals surface area contributed by atoms with E-state index in [-0.39, 0.29) is 0 Å². The Bertz CT molecular complexity index is 242. The molecule has 0 saturated carbocycles. The molecule has 1 aromatic heterocycles. The van der Waals surface area contributed by atoms with Gasteiger partial charge in [0.2, 0.25) is 0 Å². The molecule has 3 nitrogen and oxygen atoms in total. The number of hydrogen-bond donors (Lipinski definition) is 0. The van der Waals surface area contributed by atoms with Gasteiger partial charge in [0.25, 0.3) is 0 Å². The average molecular weight is 263 g/mol. The fraction of sp³-hybridized carbons (Fsp3) is 0.500. The van der Waals surface area contributed by atoms with Crippen LogP contribution in [0.2, 0.25) is 0 Å².